The molecule has 2 heterocycles. The van der Waals surface area contributed by atoms with Crippen LogP contribution in [0.15, 0.2) is 24.3 Å². The van der Waals surface area contributed by atoms with Gasteiger partial charge in [-0.1, -0.05) is 18.2 Å². The van der Waals surface area contributed by atoms with E-state index in [0.29, 0.717) is 13.2 Å². The maximum atomic E-state index is 11.8. The van der Waals surface area contributed by atoms with E-state index in [2.05, 4.69) is 5.32 Å². The second-order valence-electron chi connectivity index (χ2n) is 4.87. The van der Waals surface area contributed by atoms with Crippen molar-refractivity contribution in [3.8, 4) is 5.75 Å². The first-order chi connectivity index (χ1) is 9.25. The number of carbonyl (C=O) groups excluding carboxylic acids is 2. The number of fused-ring (bicyclic) bond motifs is 1. The van der Waals surface area contributed by atoms with Crippen molar-refractivity contribution in [2.45, 2.75) is 12.3 Å². The van der Waals surface area contributed by atoms with Crippen molar-refractivity contribution in [1.29, 1.82) is 0 Å². The fraction of sp³-hybridized carbons (Fsp3) is 0.429. The molecule has 0 bridgehead atoms. The normalized spacial score (nSPS) is 22.9. The summed E-state index contributed by atoms with van der Waals surface area (Å²) in [7, 11) is 0. The molecule has 1 N–H and O–H groups in total. The van der Waals surface area contributed by atoms with Crippen LogP contribution < -0.4 is 10.1 Å². The van der Waals surface area contributed by atoms with Gasteiger partial charge in [-0.15, -0.1) is 0 Å². The molecule has 5 nitrogen and oxygen atoms in total. The van der Waals surface area contributed by atoms with Gasteiger partial charge in [0.05, 0.1) is 19.7 Å². The zero-order valence-corrected chi connectivity index (χ0v) is 10.6. The summed E-state index contributed by atoms with van der Waals surface area (Å²) in [6.45, 7) is 1.59. The molecule has 19 heavy (non-hydrogen) atoms. The summed E-state index contributed by atoms with van der Waals surface area (Å²) in [6, 6.07) is 7.84. The number of imide groups is 1. The highest BCUT2D eigenvalue weighted by molar-refractivity contribution is 5.99. The Kier molecular flexibility index (Phi) is 3.21. The predicted molar refractivity (Wildman–Crippen MR) is 68.9 cm³/mol. The van der Waals surface area contributed by atoms with E-state index < -0.39 is 0 Å². The van der Waals surface area contributed by atoms with Gasteiger partial charge in [-0.3, -0.25) is 19.8 Å². The second kappa shape index (κ2) is 5.01. The first-order valence-corrected chi connectivity index (χ1v) is 6.51. The molecule has 2 amide bonds. The van der Waals surface area contributed by atoms with E-state index in [0.717, 1.165) is 17.7 Å². The molecule has 2 aliphatic heterocycles. The Labute approximate surface area is 111 Å². The standard InChI is InChI=1S/C14H16N2O3/c17-13-7-15-8-14(18)16(13)9-10-5-6-19-12-4-2-1-3-11(10)12/h1-4,10,15H,5-9H2. The van der Waals surface area contributed by atoms with Crippen molar-refractivity contribution < 1.29 is 14.3 Å². The molecule has 5 heteroatoms. The van der Waals surface area contributed by atoms with Crippen molar-refractivity contribution in [1.82, 2.24) is 10.2 Å². The highest BCUT2D eigenvalue weighted by Crippen LogP contribution is 2.33. The Morgan fingerprint density at radius 2 is 1.95 bits per heavy atom. The Balaban J connectivity index is 1.80. The summed E-state index contributed by atoms with van der Waals surface area (Å²) in [6.07, 6.45) is 0.835. The van der Waals surface area contributed by atoms with Crippen LogP contribution in [0.4, 0.5) is 0 Å². The summed E-state index contributed by atoms with van der Waals surface area (Å²) < 4.78 is 5.60. The van der Waals surface area contributed by atoms with Crippen LogP contribution in [-0.2, 0) is 9.59 Å². The van der Waals surface area contributed by atoms with E-state index in [1.807, 2.05) is 24.3 Å². The molecule has 0 aromatic heterocycles. The van der Waals surface area contributed by atoms with Gasteiger partial charge in [-0.25, -0.2) is 0 Å². The third-order valence-electron chi connectivity index (χ3n) is 3.64. The molecule has 1 saturated heterocycles. The number of para-hydroxylation sites is 1. The number of amides is 2. The van der Waals surface area contributed by atoms with E-state index in [1.54, 1.807) is 0 Å². The number of hydrogen-bond acceptors (Lipinski definition) is 4. The largest absolute Gasteiger partial charge is 0.493 e. The quantitative estimate of drug-likeness (QED) is 0.787. The molecular weight excluding hydrogens is 244 g/mol. The summed E-state index contributed by atoms with van der Waals surface area (Å²) in [5, 5.41) is 2.81. The highest BCUT2D eigenvalue weighted by atomic mass is 16.5. The molecule has 1 aromatic rings. The SMILES string of the molecule is O=C1CNCC(=O)N1CC1CCOc2ccccc21. The van der Waals surface area contributed by atoms with Crippen molar-refractivity contribution in [2.75, 3.05) is 26.2 Å². The molecular formula is C14H16N2O3. The van der Waals surface area contributed by atoms with Crippen LogP contribution in [0.1, 0.15) is 17.9 Å². The number of benzene rings is 1. The van der Waals surface area contributed by atoms with Gasteiger partial charge in [-0.2, -0.15) is 0 Å². The molecule has 1 aromatic carbocycles. The Morgan fingerprint density at radius 1 is 1.21 bits per heavy atom. The number of carbonyl (C=O) groups is 2. The predicted octanol–water partition coefficient (Wildman–Crippen LogP) is 0.511. The molecule has 1 unspecified atom stereocenters. The molecule has 0 radical (unpaired) electrons. The fourth-order valence-corrected chi connectivity index (χ4v) is 2.64. The summed E-state index contributed by atoms with van der Waals surface area (Å²) in [5.41, 5.74) is 1.09. The topological polar surface area (TPSA) is 58.6 Å². The number of nitrogens with one attached hydrogen (secondary N) is 1. The van der Waals surface area contributed by atoms with E-state index in [-0.39, 0.29) is 30.8 Å². The number of rotatable bonds is 2. The second-order valence-corrected chi connectivity index (χ2v) is 4.87. The summed E-state index contributed by atoms with van der Waals surface area (Å²) in [5.74, 6) is 0.769. The molecule has 2 aliphatic rings. The molecule has 3 rings (SSSR count). The van der Waals surface area contributed by atoms with Crippen molar-refractivity contribution >= 4 is 11.8 Å². The van der Waals surface area contributed by atoms with Crippen molar-refractivity contribution in [3.63, 3.8) is 0 Å². The van der Waals surface area contributed by atoms with Gasteiger partial charge in [-0.05, 0) is 18.1 Å². The number of hydrogen-bond donors (Lipinski definition) is 1. The third kappa shape index (κ3) is 2.33. The number of ether oxygens (including phenoxy) is 1. The average molecular weight is 260 g/mol. The van der Waals surface area contributed by atoms with Gasteiger partial charge in [0.2, 0.25) is 11.8 Å². The van der Waals surface area contributed by atoms with Gasteiger partial charge in [0.1, 0.15) is 5.75 Å². The monoisotopic (exact) mass is 260 g/mol. The van der Waals surface area contributed by atoms with E-state index >= 15 is 0 Å². The lowest BCUT2D eigenvalue weighted by molar-refractivity contribution is -0.146. The molecule has 100 valence electrons. The van der Waals surface area contributed by atoms with Crippen LogP contribution in [-0.4, -0.2) is 43.0 Å². The van der Waals surface area contributed by atoms with Gasteiger partial charge < -0.3 is 4.74 Å². The number of piperazine rings is 1. The lowest BCUT2D eigenvalue weighted by Gasteiger charge is -2.32. The van der Waals surface area contributed by atoms with Crippen LogP contribution in [0.2, 0.25) is 0 Å². The minimum Gasteiger partial charge on any atom is -0.493 e. The number of nitrogens with zero attached hydrogens (tertiary/aromatic N) is 1. The van der Waals surface area contributed by atoms with Crippen LogP contribution in [0.5, 0.6) is 5.75 Å². The fourth-order valence-electron chi connectivity index (χ4n) is 2.64. The maximum Gasteiger partial charge on any atom is 0.243 e. The Bertz CT molecular complexity index is 499. The molecule has 0 spiro atoms. The van der Waals surface area contributed by atoms with Gasteiger partial charge in [0.25, 0.3) is 0 Å². The van der Waals surface area contributed by atoms with E-state index in [4.69, 9.17) is 4.74 Å². The summed E-state index contributed by atoms with van der Waals surface area (Å²) in [4.78, 5) is 25.0. The molecule has 0 aliphatic carbocycles. The first kappa shape index (κ1) is 12.2. The van der Waals surface area contributed by atoms with Crippen LogP contribution in [0.3, 0.4) is 0 Å². The Hall–Kier alpha value is -1.88. The first-order valence-electron chi connectivity index (χ1n) is 6.51. The smallest absolute Gasteiger partial charge is 0.243 e. The maximum absolute atomic E-state index is 11.8. The molecule has 1 atom stereocenters. The van der Waals surface area contributed by atoms with Crippen LogP contribution >= 0.6 is 0 Å². The van der Waals surface area contributed by atoms with Crippen molar-refractivity contribution in [2.24, 2.45) is 0 Å². The van der Waals surface area contributed by atoms with E-state index in [9.17, 15) is 9.59 Å². The zero-order valence-electron chi connectivity index (χ0n) is 10.6. The van der Waals surface area contributed by atoms with Gasteiger partial charge >= 0.3 is 0 Å². The van der Waals surface area contributed by atoms with Crippen LogP contribution in [0, 0.1) is 0 Å². The third-order valence-corrected chi connectivity index (χ3v) is 3.64. The lowest BCUT2D eigenvalue weighted by Crippen LogP contribution is -2.53. The summed E-state index contributed by atoms with van der Waals surface area (Å²) >= 11 is 0. The minimum atomic E-state index is -0.139. The minimum absolute atomic E-state index is 0.139. The lowest BCUT2D eigenvalue weighted by atomic mass is 9.92. The van der Waals surface area contributed by atoms with Crippen molar-refractivity contribution in [3.05, 3.63) is 29.8 Å². The average Bonchev–Trinajstić information content (AvgIpc) is 2.43. The van der Waals surface area contributed by atoms with Crippen LogP contribution in [0.25, 0.3) is 0 Å². The Morgan fingerprint density at radius 3 is 2.74 bits per heavy atom. The van der Waals surface area contributed by atoms with Gasteiger partial charge in [0, 0.05) is 12.5 Å². The zero-order chi connectivity index (χ0) is 13.2. The van der Waals surface area contributed by atoms with Gasteiger partial charge in [0.15, 0.2) is 0 Å². The molecule has 1 fully saturated rings. The highest BCUT2D eigenvalue weighted by Gasteiger charge is 2.30. The van der Waals surface area contributed by atoms with E-state index in [1.165, 1.54) is 4.90 Å². The molecule has 0 saturated carbocycles.